The van der Waals surface area contributed by atoms with Crippen LogP contribution in [0.5, 0.6) is 0 Å². The Balaban J connectivity index is 2.24. The Hall–Kier alpha value is -0.860. The van der Waals surface area contributed by atoms with Gasteiger partial charge in [-0.15, -0.1) is 0 Å². The Morgan fingerprint density at radius 1 is 0.947 bits per heavy atom. The molecule has 0 aromatic heterocycles. The van der Waals surface area contributed by atoms with Crippen LogP contribution >= 0.6 is 0 Å². The van der Waals surface area contributed by atoms with Crippen LogP contribution in [0.3, 0.4) is 0 Å². The van der Waals surface area contributed by atoms with Crippen LogP contribution in [0, 0.1) is 0 Å². The summed E-state index contributed by atoms with van der Waals surface area (Å²) in [6.07, 6.45) is 1.28. The number of hydrogen-bond donors (Lipinski definition) is 2. The predicted molar refractivity (Wildman–Crippen MR) is 83.0 cm³/mol. The minimum atomic E-state index is 0.678. The van der Waals surface area contributed by atoms with Crippen molar-refractivity contribution in [1.29, 1.82) is 0 Å². The fourth-order valence-corrected chi connectivity index (χ4v) is 2.53. The van der Waals surface area contributed by atoms with Gasteiger partial charge in [0.15, 0.2) is 0 Å². The summed E-state index contributed by atoms with van der Waals surface area (Å²) < 4.78 is 0. The van der Waals surface area contributed by atoms with E-state index in [1.807, 2.05) is 0 Å². The lowest BCUT2D eigenvalue weighted by Gasteiger charge is -2.20. The molecule has 1 aromatic carbocycles. The van der Waals surface area contributed by atoms with Crippen LogP contribution in [0.25, 0.3) is 0 Å². The zero-order chi connectivity index (χ0) is 14.1. The predicted octanol–water partition coefficient (Wildman–Crippen LogP) is 0.620. The molecule has 0 heterocycles. The summed E-state index contributed by atoms with van der Waals surface area (Å²) in [4.78, 5) is 3.39. The van der Waals surface area contributed by atoms with E-state index < -0.39 is 0 Å². The smallest absolute Gasteiger partial charge is 0.127 e. The van der Waals surface area contributed by atoms with Crippen molar-refractivity contribution < 1.29 is 9.80 Å². The van der Waals surface area contributed by atoms with Crippen molar-refractivity contribution in [2.24, 2.45) is 0 Å². The van der Waals surface area contributed by atoms with Gasteiger partial charge in [0.05, 0.1) is 26.7 Å². The summed E-state index contributed by atoms with van der Waals surface area (Å²) in [5, 5.41) is 0. The van der Waals surface area contributed by atoms with E-state index in [0.717, 1.165) is 0 Å². The van der Waals surface area contributed by atoms with Crippen molar-refractivity contribution in [3.63, 3.8) is 0 Å². The Labute approximate surface area is 119 Å². The summed E-state index contributed by atoms with van der Waals surface area (Å²) in [6, 6.07) is 10.9. The molecule has 1 rings (SSSR count). The number of nitrogens with one attached hydrogen (secondary N) is 2. The van der Waals surface area contributed by atoms with Crippen molar-refractivity contribution in [3.8, 4) is 0 Å². The molecule has 2 nitrogen and oxygen atoms in total. The number of quaternary nitrogens is 2. The maximum atomic E-state index is 2.35. The molecule has 19 heavy (non-hydrogen) atoms. The van der Waals surface area contributed by atoms with Gasteiger partial charge in [-0.25, -0.2) is 0 Å². The Morgan fingerprint density at radius 3 is 2.16 bits per heavy atom. The molecule has 0 saturated carbocycles. The number of rotatable bonds is 9. The first-order valence-electron chi connectivity index (χ1n) is 7.87. The SMILES string of the molecule is CC[NH+](CC)CC[NH+](C)CC[C@H](C)c1ccccc1. The van der Waals surface area contributed by atoms with E-state index in [2.05, 4.69) is 58.2 Å². The van der Waals surface area contributed by atoms with E-state index in [9.17, 15) is 0 Å². The number of likely N-dealkylation sites (N-methyl/N-ethyl adjacent to an activating group) is 2. The standard InChI is InChI=1S/C17H30N2/c1-5-19(6-2)15-14-18(4)13-12-16(3)17-10-8-7-9-11-17/h7-11,16H,5-6,12-15H2,1-4H3/p+2/t16-/m0/s1. The lowest BCUT2D eigenvalue weighted by molar-refractivity contribution is -0.947. The first kappa shape index (κ1) is 16.2. The van der Waals surface area contributed by atoms with Crippen LogP contribution in [0.1, 0.15) is 38.7 Å². The topological polar surface area (TPSA) is 8.88 Å². The molecule has 108 valence electrons. The van der Waals surface area contributed by atoms with E-state index in [-0.39, 0.29) is 0 Å². The quantitative estimate of drug-likeness (QED) is 0.647. The Bertz CT molecular complexity index is 319. The van der Waals surface area contributed by atoms with Crippen molar-refractivity contribution >= 4 is 0 Å². The van der Waals surface area contributed by atoms with Gasteiger partial charge in [-0.3, -0.25) is 0 Å². The molecule has 1 unspecified atom stereocenters. The molecule has 0 bridgehead atoms. The second-order valence-corrected chi connectivity index (χ2v) is 5.76. The third-order valence-electron chi connectivity index (χ3n) is 4.28. The summed E-state index contributed by atoms with van der Waals surface area (Å²) in [7, 11) is 2.33. The molecule has 0 spiro atoms. The van der Waals surface area contributed by atoms with E-state index in [0.29, 0.717) is 5.92 Å². The van der Waals surface area contributed by atoms with Gasteiger partial charge < -0.3 is 9.80 Å². The van der Waals surface area contributed by atoms with E-state index >= 15 is 0 Å². The lowest BCUT2D eigenvalue weighted by Crippen LogP contribution is -3.18. The molecule has 1 aromatic rings. The van der Waals surface area contributed by atoms with Crippen molar-refractivity contribution in [2.75, 3.05) is 39.8 Å². The highest BCUT2D eigenvalue weighted by molar-refractivity contribution is 5.18. The highest BCUT2D eigenvalue weighted by atomic mass is 15.2. The van der Waals surface area contributed by atoms with Gasteiger partial charge in [-0.1, -0.05) is 37.3 Å². The van der Waals surface area contributed by atoms with Crippen molar-refractivity contribution in [3.05, 3.63) is 35.9 Å². The van der Waals surface area contributed by atoms with Gasteiger partial charge in [-0.05, 0) is 25.3 Å². The third kappa shape index (κ3) is 6.22. The third-order valence-corrected chi connectivity index (χ3v) is 4.28. The minimum absolute atomic E-state index is 0.678. The second kappa shape index (κ2) is 9.11. The highest BCUT2D eigenvalue weighted by Crippen LogP contribution is 2.16. The molecule has 0 amide bonds. The van der Waals surface area contributed by atoms with Crippen molar-refractivity contribution in [2.45, 2.75) is 33.1 Å². The van der Waals surface area contributed by atoms with E-state index in [1.165, 1.54) is 44.7 Å². The Kier molecular flexibility index (Phi) is 7.76. The molecule has 0 aliphatic carbocycles. The monoisotopic (exact) mass is 264 g/mol. The fraction of sp³-hybridized carbons (Fsp3) is 0.647. The summed E-state index contributed by atoms with van der Waals surface area (Å²) >= 11 is 0. The van der Waals surface area contributed by atoms with Crippen molar-refractivity contribution in [1.82, 2.24) is 0 Å². The van der Waals surface area contributed by atoms with E-state index in [1.54, 1.807) is 9.80 Å². The molecule has 0 fully saturated rings. The summed E-state index contributed by atoms with van der Waals surface area (Å²) in [5.41, 5.74) is 1.48. The first-order chi connectivity index (χ1) is 9.17. The molecule has 0 aliphatic heterocycles. The maximum Gasteiger partial charge on any atom is 0.127 e. The summed E-state index contributed by atoms with van der Waals surface area (Å²) in [5.74, 6) is 0.678. The first-order valence-corrected chi connectivity index (χ1v) is 7.87. The minimum Gasteiger partial charge on any atom is -0.333 e. The fourth-order valence-electron chi connectivity index (χ4n) is 2.53. The van der Waals surface area contributed by atoms with Gasteiger partial charge >= 0.3 is 0 Å². The number of hydrogen-bond acceptors (Lipinski definition) is 0. The maximum absolute atomic E-state index is 2.35. The van der Waals surface area contributed by atoms with Gasteiger partial charge in [0.25, 0.3) is 0 Å². The second-order valence-electron chi connectivity index (χ2n) is 5.76. The molecule has 0 saturated heterocycles. The summed E-state index contributed by atoms with van der Waals surface area (Å²) in [6.45, 7) is 13.3. The Morgan fingerprint density at radius 2 is 1.58 bits per heavy atom. The normalized spacial score (nSPS) is 14.6. The van der Waals surface area contributed by atoms with Gasteiger partial charge in [0, 0.05) is 6.42 Å². The molecule has 2 N–H and O–H groups in total. The van der Waals surface area contributed by atoms with Crippen LogP contribution in [-0.4, -0.2) is 39.8 Å². The average Bonchev–Trinajstić information content (AvgIpc) is 2.46. The van der Waals surface area contributed by atoms with Gasteiger partial charge in [0.2, 0.25) is 0 Å². The lowest BCUT2D eigenvalue weighted by atomic mass is 9.98. The molecular formula is C17H32N2+2. The molecule has 0 aliphatic rings. The largest absolute Gasteiger partial charge is 0.333 e. The van der Waals surface area contributed by atoms with Crippen LogP contribution in [0.2, 0.25) is 0 Å². The molecule has 2 heteroatoms. The van der Waals surface area contributed by atoms with Gasteiger partial charge in [0.1, 0.15) is 13.1 Å². The molecule has 0 radical (unpaired) electrons. The van der Waals surface area contributed by atoms with Crippen LogP contribution in [0.15, 0.2) is 30.3 Å². The molecule has 2 atom stereocenters. The van der Waals surface area contributed by atoms with E-state index in [4.69, 9.17) is 0 Å². The van der Waals surface area contributed by atoms with Crippen LogP contribution in [-0.2, 0) is 0 Å². The average molecular weight is 264 g/mol. The number of benzene rings is 1. The zero-order valence-electron chi connectivity index (χ0n) is 13.2. The van der Waals surface area contributed by atoms with Crippen LogP contribution in [0.4, 0.5) is 0 Å². The van der Waals surface area contributed by atoms with Crippen LogP contribution < -0.4 is 9.80 Å². The zero-order valence-corrected chi connectivity index (χ0v) is 13.2. The highest BCUT2D eigenvalue weighted by Gasteiger charge is 2.11. The van der Waals surface area contributed by atoms with Gasteiger partial charge in [-0.2, -0.15) is 0 Å². The molecular weight excluding hydrogens is 232 g/mol.